The maximum Gasteiger partial charge on any atom is 0.154 e. The molecule has 3 aromatic rings. The summed E-state index contributed by atoms with van der Waals surface area (Å²) in [4.78, 5) is 15.8. The first-order valence-electron chi connectivity index (χ1n) is 7.70. The number of fused-ring (bicyclic) bond motifs is 1. The van der Waals surface area contributed by atoms with E-state index in [9.17, 15) is 0 Å². The minimum Gasteiger partial charge on any atom is -0.357 e. The molecule has 1 aliphatic rings. The summed E-state index contributed by atoms with van der Waals surface area (Å²) in [7, 11) is 0. The summed E-state index contributed by atoms with van der Waals surface area (Å²) >= 11 is 0. The molecule has 0 aromatic carbocycles. The van der Waals surface area contributed by atoms with Crippen molar-refractivity contribution in [2.45, 2.75) is 26.2 Å². The van der Waals surface area contributed by atoms with Crippen LogP contribution in [0.2, 0.25) is 0 Å². The van der Waals surface area contributed by atoms with Crippen molar-refractivity contribution in [3.05, 3.63) is 36.4 Å². The molecule has 6 nitrogen and oxygen atoms in total. The van der Waals surface area contributed by atoms with Gasteiger partial charge >= 0.3 is 0 Å². The first-order chi connectivity index (χ1) is 10.8. The van der Waals surface area contributed by atoms with Crippen LogP contribution in [0.25, 0.3) is 17.0 Å². The van der Waals surface area contributed by atoms with E-state index >= 15 is 0 Å². The van der Waals surface area contributed by atoms with Gasteiger partial charge in [0.1, 0.15) is 17.8 Å². The molecule has 4 heterocycles. The first kappa shape index (κ1) is 13.2. The molecule has 0 radical (unpaired) electrons. The van der Waals surface area contributed by atoms with Gasteiger partial charge in [-0.1, -0.05) is 0 Å². The molecule has 22 heavy (non-hydrogen) atoms. The number of aryl methyl sites for hydroxylation is 1. The third-order valence-corrected chi connectivity index (χ3v) is 4.14. The Bertz CT molecular complexity index is 803. The number of hydrogen-bond acceptors (Lipinski definition) is 5. The second-order valence-electron chi connectivity index (χ2n) is 5.65. The Morgan fingerprint density at radius 3 is 2.82 bits per heavy atom. The van der Waals surface area contributed by atoms with Crippen molar-refractivity contribution in [2.75, 3.05) is 18.0 Å². The highest BCUT2D eigenvalue weighted by molar-refractivity contribution is 5.65. The molecule has 4 rings (SSSR count). The molecule has 0 unspecified atom stereocenters. The second-order valence-corrected chi connectivity index (χ2v) is 5.65. The van der Waals surface area contributed by atoms with Crippen molar-refractivity contribution in [1.29, 1.82) is 0 Å². The number of piperidine rings is 1. The van der Waals surface area contributed by atoms with Crippen LogP contribution in [0.1, 0.15) is 25.0 Å². The monoisotopic (exact) mass is 294 g/mol. The molecule has 1 saturated heterocycles. The lowest BCUT2D eigenvalue weighted by Crippen LogP contribution is -2.30. The van der Waals surface area contributed by atoms with Crippen molar-refractivity contribution in [3.63, 3.8) is 0 Å². The lowest BCUT2D eigenvalue weighted by molar-refractivity contribution is 0.573. The van der Waals surface area contributed by atoms with Crippen LogP contribution in [0, 0.1) is 6.92 Å². The van der Waals surface area contributed by atoms with Gasteiger partial charge in [-0.15, -0.1) is 0 Å². The fourth-order valence-corrected chi connectivity index (χ4v) is 3.07. The smallest absolute Gasteiger partial charge is 0.154 e. The molecule has 0 atom stereocenters. The minimum atomic E-state index is 0.841. The van der Waals surface area contributed by atoms with Crippen LogP contribution >= 0.6 is 0 Å². The van der Waals surface area contributed by atoms with E-state index in [0.29, 0.717) is 0 Å². The van der Waals surface area contributed by atoms with Crippen molar-refractivity contribution in [1.82, 2.24) is 24.6 Å². The Morgan fingerprint density at radius 2 is 1.95 bits per heavy atom. The van der Waals surface area contributed by atoms with Gasteiger partial charge in [0.2, 0.25) is 0 Å². The lowest BCUT2D eigenvalue weighted by Gasteiger charge is -2.27. The zero-order valence-corrected chi connectivity index (χ0v) is 12.6. The van der Waals surface area contributed by atoms with E-state index in [0.717, 1.165) is 41.6 Å². The number of hydrogen-bond donors (Lipinski definition) is 0. The zero-order valence-electron chi connectivity index (χ0n) is 12.6. The summed E-state index contributed by atoms with van der Waals surface area (Å²) in [6.45, 7) is 4.13. The number of rotatable bonds is 2. The Balaban J connectivity index is 1.80. The van der Waals surface area contributed by atoms with E-state index in [1.54, 1.807) is 12.5 Å². The summed E-state index contributed by atoms with van der Waals surface area (Å²) < 4.78 is 1.84. The number of nitrogens with zero attached hydrogens (tertiary/aromatic N) is 6. The number of aromatic nitrogens is 5. The molecule has 0 N–H and O–H groups in total. The summed E-state index contributed by atoms with van der Waals surface area (Å²) in [5.41, 5.74) is 3.59. The summed E-state index contributed by atoms with van der Waals surface area (Å²) in [5, 5.41) is 4.40. The topological polar surface area (TPSA) is 59.2 Å². The maximum absolute atomic E-state index is 4.56. The Morgan fingerprint density at radius 1 is 1.09 bits per heavy atom. The van der Waals surface area contributed by atoms with Crippen LogP contribution in [0.5, 0.6) is 0 Å². The average molecular weight is 294 g/mol. The largest absolute Gasteiger partial charge is 0.357 e. The molecule has 112 valence electrons. The van der Waals surface area contributed by atoms with Crippen LogP contribution in [-0.2, 0) is 0 Å². The number of imidazole rings is 1. The van der Waals surface area contributed by atoms with E-state index in [2.05, 4.69) is 31.0 Å². The normalized spacial score (nSPS) is 15.4. The molecule has 0 spiro atoms. The van der Waals surface area contributed by atoms with Crippen LogP contribution in [-0.4, -0.2) is 37.7 Å². The van der Waals surface area contributed by atoms with Crippen molar-refractivity contribution < 1.29 is 0 Å². The van der Waals surface area contributed by atoms with E-state index in [1.165, 1.54) is 19.3 Å². The molecular formula is C16H18N6. The van der Waals surface area contributed by atoms with Crippen molar-refractivity contribution in [3.8, 4) is 11.4 Å². The molecular weight excluding hydrogens is 276 g/mol. The van der Waals surface area contributed by atoms with Crippen molar-refractivity contribution >= 4 is 11.5 Å². The first-order valence-corrected chi connectivity index (χ1v) is 7.70. The van der Waals surface area contributed by atoms with Gasteiger partial charge in [-0.25, -0.2) is 19.5 Å². The predicted molar refractivity (Wildman–Crippen MR) is 84.8 cm³/mol. The van der Waals surface area contributed by atoms with Gasteiger partial charge in [0.15, 0.2) is 5.65 Å². The van der Waals surface area contributed by atoms with Crippen LogP contribution in [0.3, 0.4) is 0 Å². The van der Waals surface area contributed by atoms with Gasteiger partial charge in [0.25, 0.3) is 0 Å². The van der Waals surface area contributed by atoms with Crippen LogP contribution in [0.4, 0.5) is 5.82 Å². The molecule has 0 amide bonds. The summed E-state index contributed by atoms with van der Waals surface area (Å²) in [5.74, 6) is 0.995. The zero-order chi connectivity index (χ0) is 14.9. The molecule has 6 heteroatoms. The molecule has 0 bridgehead atoms. The minimum absolute atomic E-state index is 0.841. The van der Waals surface area contributed by atoms with Gasteiger partial charge in [-0.05, 0) is 38.3 Å². The lowest BCUT2D eigenvalue weighted by atomic mass is 10.1. The maximum atomic E-state index is 4.56. The third kappa shape index (κ3) is 2.20. The van der Waals surface area contributed by atoms with Crippen LogP contribution in [0.15, 0.2) is 30.7 Å². The molecule has 3 aromatic heterocycles. The van der Waals surface area contributed by atoms with Gasteiger partial charge in [0, 0.05) is 25.4 Å². The fourth-order valence-electron chi connectivity index (χ4n) is 3.07. The standard InChI is InChI=1S/C16H18N6/c1-12-16(22-14(20-12)6-5-7-19-22)13-10-15(18-11-17-13)21-8-3-2-4-9-21/h5-7,10-11H,2-4,8-9H2,1H3. The highest BCUT2D eigenvalue weighted by atomic mass is 15.3. The summed E-state index contributed by atoms with van der Waals surface area (Å²) in [6, 6.07) is 5.90. The van der Waals surface area contributed by atoms with Crippen molar-refractivity contribution in [2.24, 2.45) is 0 Å². The average Bonchev–Trinajstić information content (AvgIpc) is 2.91. The van der Waals surface area contributed by atoms with Gasteiger partial charge in [0.05, 0.1) is 11.4 Å². The van der Waals surface area contributed by atoms with Gasteiger partial charge < -0.3 is 4.90 Å². The Kier molecular flexibility index (Phi) is 3.21. The second kappa shape index (κ2) is 5.36. The Hall–Kier alpha value is -2.50. The fraction of sp³-hybridized carbons (Fsp3) is 0.375. The van der Waals surface area contributed by atoms with E-state index in [-0.39, 0.29) is 0 Å². The highest BCUT2D eigenvalue weighted by Crippen LogP contribution is 2.25. The highest BCUT2D eigenvalue weighted by Gasteiger charge is 2.17. The van der Waals surface area contributed by atoms with E-state index in [4.69, 9.17) is 0 Å². The Labute approximate surface area is 128 Å². The summed E-state index contributed by atoms with van der Waals surface area (Å²) in [6.07, 6.45) is 7.18. The quantitative estimate of drug-likeness (QED) is 0.726. The van der Waals surface area contributed by atoms with E-state index < -0.39 is 0 Å². The van der Waals surface area contributed by atoms with Crippen LogP contribution < -0.4 is 4.90 Å². The number of anilines is 1. The molecule has 0 saturated carbocycles. The van der Waals surface area contributed by atoms with Gasteiger partial charge in [-0.3, -0.25) is 0 Å². The molecule has 0 aliphatic carbocycles. The SMILES string of the molecule is Cc1nc2cccnn2c1-c1cc(N2CCCCC2)ncn1. The van der Waals surface area contributed by atoms with E-state index in [1.807, 2.05) is 23.6 Å². The van der Waals surface area contributed by atoms with Gasteiger partial charge in [-0.2, -0.15) is 5.10 Å². The molecule has 1 aliphatic heterocycles. The molecule has 1 fully saturated rings. The predicted octanol–water partition coefficient (Wildman–Crippen LogP) is 2.49. The third-order valence-electron chi connectivity index (χ3n) is 4.14.